The van der Waals surface area contributed by atoms with Gasteiger partial charge in [-0.1, -0.05) is 24.6 Å². The van der Waals surface area contributed by atoms with Crippen LogP contribution in [0.2, 0.25) is 0 Å². The molecule has 92 valence electrons. The Morgan fingerprint density at radius 3 is 2.11 bits per heavy atom. The number of guanidine groups is 1. The molecular formula is C13H13N3O2. The smallest absolute Gasteiger partial charge is 0.242 e. The van der Waals surface area contributed by atoms with Crippen molar-refractivity contribution in [1.29, 1.82) is 0 Å². The zero-order chi connectivity index (χ0) is 12.6. The predicted octanol–water partition coefficient (Wildman–Crippen LogP) is 1.09. The highest BCUT2D eigenvalue weighted by molar-refractivity contribution is 6.21. The lowest BCUT2D eigenvalue weighted by Crippen LogP contribution is -2.65. The molecule has 0 aromatic heterocycles. The number of rotatable bonds is 1. The summed E-state index contributed by atoms with van der Waals surface area (Å²) >= 11 is 0. The second-order valence-corrected chi connectivity index (χ2v) is 4.64. The van der Waals surface area contributed by atoms with Crippen LogP contribution in [0.1, 0.15) is 19.3 Å². The molecule has 1 saturated carbocycles. The maximum atomic E-state index is 12.0. The monoisotopic (exact) mass is 243 g/mol. The Balaban J connectivity index is 1.84. The minimum atomic E-state index is -0.838. The van der Waals surface area contributed by atoms with Crippen LogP contribution in [0, 0.1) is 5.41 Å². The molecule has 0 atom stereocenters. The summed E-state index contributed by atoms with van der Waals surface area (Å²) in [6.45, 7) is 0. The number of nitrogens with one attached hydrogen (secondary N) is 2. The summed E-state index contributed by atoms with van der Waals surface area (Å²) in [7, 11) is 0. The minimum absolute atomic E-state index is 0.216. The quantitative estimate of drug-likeness (QED) is 0.725. The average Bonchev–Trinajstić information content (AvgIpc) is 2.27. The van der Waals surface area contributed by atoms with Crippen molar-refractivity contribution in [3.63, 3.8) is 0 Å². The first-order valence-electron chi connectivity index (χ1n) is 5.97. The van der Waals surface area contributed by atoms with Gasteiger partial charge in [-0.05, 0) is 25.0 Å². The Morgan fingerprint density at radius 2 is 1.61 bits per heavy atom. The number of carbonyl (C=O) groups is 2. The first-order chi connectivity index (χ1) is 8.71. The fourth-order valence-corrected chi connectivity index (χ4v) is 2.26. The molecule has 1 heterocycles. The molecule has 0 bridgehead atoms. The highest BCUT2D eigenvalue weighted by Crippen LogP contribution is 2.42. The highest BCUT2D eigenvalue weighted by atomic mass is 16.2. The fraction of sp³-hybridized carbons (Fsp3) is 0.308. The maximum absolute atomic E-state index is 12.0. The van der Waals surface area contributed by atoms with Crippen molar-refractivity contribution >= 4 is 23.5 Å². The van der Waals surface area contributed by atoms with E-state index in [1.165, 1.54) is 0 Å². The van der Waals surface area contributed by atoms with Crippen LogP contribution in [-0.4, -0.2) is 17.8 Å². The van der Waals surface area contributed by atoms with E-state index in [0.717, 1.165) is 6.42 Å². The summed E-state index contributed by atoms with van der Waals surface area (Å²) in [5.74, 6) is -0.243. The van der Waals surface area contributed by atoms with Gasteiger partial charge in [0.1, 0.15) is 5.41 Å². The normalized spacial score (nSPS) is 21.0. The number of carbonyl (C=O) groups excluding carboxylic acids is 2. The van der Waals surface area contributed by atoms with Crippen molar-refractivity contribution in [2.24, 2.45) is 10.4 Å². The molecule has 2 N–H and O–H groups in total. The molecule has 0 radical (unpaired) electrons. The Hall–Kier alpha value is -2.17. The van der Waals surface area contributed by atoms with Crippen LogP contribution < -0.4 is 10.6 Å². The molecule has 2 fully saturated rings. The van der Waals surface area contributed by atoms with E-state index in [4.69, 9.17) is 0 Å². The second-order valence-electron chi connectivity index (χ2n) is 4.64. The van der Waals surface area contributed by atoms with Gasteiger partial charge in [0, 0.05) is 0 Å². The first kappa shape index (κ1) is 11.0. The molecule has 1 aliphatic carbocycles. The largest absolute Gasteiger partial charge is 0.295 e. The van der Waals surface area contributed by atoms with Crippen LogP contribution in [0.5, 0.6) is 0 Å². The van der Waals surface area contributed by atoms with Crippen molar-refractivity contribution in [3.05, 3.63) is 30.3 Å². The van der Waals surface area contributed by atoms with Crippen molar-refractivity contribution in [2.75, 3.05) is 0 Å². The summed E-state index contributed by atoms with van der Waals surface area (Å²) in [5.41, 5.74) is -0.145. The van der Waals surface area contributed by atoms with Crippen molar-refractivity contribution < 1.29 is 9.59 Å². The van der Waals surface area contributed by atoms with Gasteiger partial charge in [0.15, 0.2) is 0 Å². The maximum Gasteiger partial charge on any atom is 0.242 e. The van der Waals surface area contributed by atoms with Crippen LogP contribution in [0.25, 0.3) is 0 Å². The van der Waals surface area contributed by atoms with Crippen molar-refractivity contribution in [2.45, 2.75) is 19.3 Å². The molecule has 1 aromatic rings. The summed E-state index contributed by atoms with van der Waals surface area (Å²) in [6.07, 6.45) is 2.18. The molecule has 1 spiro atoms. The molecule has 5 heteroatoms. The summed E-state index contributed by atoms with van der Waals surface area (Å²) in [5, 5.41) is 5.33. The topological polar surface area (TPSA) is 70.6 Å². The molecule has 1 aromatic carbocycles. The number of aliphatic imine (C=N–C) groups is 1. The van der Waals surface area contributed by atoms with Gasteiger partial charge in [0.2, 0.25) is 17.8 Å². The van der Waals surface area contributed by atoms with E-state index in [1.807, 2.05) is 18.2 Å². The molecular weight excluding hydrogens is 230 g/mol. The van der Waals surface area contributed by atoms with Crippen LogP contribution in [-0.2, 0) is 9.59 Å². The zero-order valence-electron chi connectivity index (χ0n) is 9.77. The van der Waals surface area contributed by atoms with E-state index in [9.17, 15) is 9.59 Å². The lowest BCUT2D eigenvalue weighted by molar-refractivity contribution is -0.149. The number of hydrogen-bond acceptors (Lipinski definition) is 3. The Morgan fingerprint density at radius 1 is 1.00 bits per heavy atom. The number of nitrogens with zero attached hydrogens (tertiary/aromatic N) is 1. The molecule has 3 rings (SSSR count). The van der Waals surface area contributed by atoms with Gasteiger partial charge < -0.3 is 0 Å². The number of para-hydroxylation sites is 1. The summed E-state index contributed by atoms with van der Waals surface area (Å²) < 4.78 is 0. The third kappa shape index (κ3) is 1.59. The van der Waals surface area contributed by atoms with Gasteiger partial charge in [-0.3, -0.25) is 20.2 Å². The molecule has 5 nitrogen and oxygen atoms in total. The zero-order valence-corrected chi connectivity index (χ0v) is 9.77. The van der Waals surface area contributed by atoms with E-state index in [1.54, 1.807) is 12.1 Å². The first-order valence-corrected chi connectivity index (χ1v) is 5.97. The Bertz CT molecular complexity index is 510. The van der Waals surface area contributed by atoms with Crippen LogP contribution in [0.15, 0.2) is 35.3 Å². The predicted molar refractivity (Wildman–Crippen MR) is 66.1 cm³/mol. The van der Waals surface area contributed by atoms with E-state index in [-0.39, 0.29) is 17.8 Å². The summed E-state index contributed by atoms with van der Waals surface area (Å²) in [6, 6.07) is 9.18. The van der Waals surface area contributed by atoms with Gasteiger partial charge >= 0.3 is 0 Å². The fourth-order valence-electron chi connectivity index (χ4n) is 2.26. The molecule has 2 amide bonds. The standard InChI is InChI=1S/C13H13N3O2/c17-10-13(7-4-8-13)11(18)16-12(15-10)14-9-5-2-1-3-6-9/h1-3,5-6H,4,7-8H2,(H2,14,15,16,17,18). The van der Waals surface area contributed by atoms with Crippen LogP contribution in [0.4, 0.5) is 5.69 Å². The molecule has 1 aliphatic heterocycles. The van der Waals surface area contributed by atoms with Gasteiger partial charge in [-0.15, -0.1) is 0 Å². The molecule has 2 aliphatic rings. The lowest BCUT2D eigenvalue weighted by atomic mass is 9.66. The molecule has 0 unspecified atom stereocenters. The average molecular weight is 243 g/mol. The van der Waals surface area contributed by atoms with Crippen LogP contribution in [0.3, 0.4) is 0 Å². The number of hydrogen-bond donors (Lipinski definition) is 2. The molecule has 18 heavy (non-hydrogen) atoms. The van der Waals surface area contributed by atoms with Crippen molar-refractivity contribution in [1.82, 2.24) is 10.6 Å². The van der Waals surface area contributed by atoms with Gasteiger partial charge in [-0.25, -0.2) is 4.99 Å². The van der Waals surface area contributed by atoms with Gasteiger partial charge in [0.25, 0.3) is 0 Å². The van der Waals surface area contributed by atoms with E-state index < -0.39 is 5.41 Å². The lowest BCUT2D eigenvalue weighted by Gasteiger charge is -2.41. The number of amides is 2. The molecule has 1 saturated heterocycles. The van der Waals surface area contributed by atoms with Gasteiger partial charge in [-0.2, -0.15) is 0 Å². The van der Waals surface area contributed by atoms with E-state index in [2.05, 4.69) is 15.6 Å². The minimum Gasteiger partial charge on any atom is -0.295 e. The third-order valence-electron chi connectivity index (χ3n) is 3.54. The third-order valence-corrected chi connectivity index (χ3v) is 3.54. The van der Waals surface area contributed by atoms with E-state index >= 15 is 0 Å². The Labute approximate surface area is 104 Å². The Kier molecular flexibility index (Phi) is 2.40. The van der Waals surface area contributed by atoms with Crippen molar-refractivity contribution in [3.8, 4) is 0 Å². The van der Waals surface area contributed by atoms with Gasteiger partial charge in [0.05, 0.1) is 5.69 Å². The highest BCUT2D eigenvalue weighted by Gasteiger charge is 2.53. The second kappa shape index (κ2) is 3.94. The van der Waals surface area contributed by atoms with E-state index in [0.29, 0.717) is 18.5 Å². The van der Waals surface area contributed by atoms with Crippen LogP contribution >= 0.6 is 0 Å². The summed E-state index contributed by atoms with van der Waals surface area (Å²) in [4.78, 5) is 28.1. The SMILES string of the molecule is O=C1NC(=Nc2ccccc2)NC(=O)C12CCC2. The number of benzene rings is 1.